The first-order chi connectivity index (χ1) is 11.2. The van der Waals surface area contributed by atoms with Gasteiger partial charge in [0.2, 0.25) is 0 Å². The van der Waals surface area contributed by atoms with Gasteiger partial charge in [-0.05, 0) is 18.8 Å². The normalized spacial score (nSPS) is 12.9. The molecule has 0 aromatic rings. The van der Waals surface area contributed by atoms with E-state index in [9.17, 15) is 0 Å². The quantitative estimate of drug-likeness (QED) is 0.220. The second-order valence-corrected chi connectivity index (χ2v) is 7.55. The van der Waals surface area contributed by atoms with Gasteiger partial charge in [0.15, 0.2) is 6.29 Å². The molecule has 0 spiro atoms. The first-order valence-corrected chi connectivity index (χ1v) is 10.5. The summed E-state index contributed by atoms with van der Waals surface area (Å²) in [6, 6.07) is 0. The summed E-state index contributed by atoms with van der Waals surface area (Å²) in [5.41, 5.74) is 0. The van der Waals surface area contributed by atoms with Gasteiger partial charge in [-0.3, -0.25) is 0 Å². The van der Waals surface area contributed by atoms with E-state index in [1.54, 1.807) is 0 Å². The summed E-state index contributed by atoms with van der Waals surface area (Å²) < 4.78 is 0. The van der Waals surface area contributed by atoms with Crippen LogP contribution < -0.4 is 0 Å². The summed E-state index contributed by atoms with van der Waals surface area (Å²) in [6.45, 7) is 4.72. The van der Waals surface area contributed by atoms with E-state index in [0.29, 0.717) is 6.42 Å². The van der Waals surface area contributed by atoms with E-state index in [0.717, 1.165) is 18.8 Å². The fourth-order valence-electron chi connectivity index (χ4n) is 3.30. The number of aliphatic hydroxyl groups excluding tert-OH is 1. The largest absolute Gasteiger partial charge is 0.368 e. The maximum absolute atomic E-state index is 8.75. The Morgan fingerprint density at radius 3 is 1.26 bits per heavy atom. The molecule has 0 fully saturated rings. The van der Waals surface area contributed by atoms with E-state index >= 15 is 0 Å². The van der Waals surface area contributed by atoms with E-state index in [1.807, 2.05) is 0 Å². The maximum Gasteiger partial charge on any atom is 0.151 e. The van der Waals surface area contributed by atoms with Crippen LogP contribution in [-0.2, 0) is 0 Å². The molecule has 0 amide bonds. The van der Waals surface area contributed by atoms with Crippen LogP contribution >= 0.6 is 0 Å². The van der Waals surface area contributed by atoms with Crippen molar-refractivity contribution in [1.29, 1.82) is 0 Å². The lowest BCUT2D eigenvalue weighted by Crippen LogP contribution is -2.02. The molecule has 2 heteroatoms. The molecule has 0 bridgehead atoms. The van der Waals surface area contributed by atoms with Gasteiger partial charge in [0, 0.05) is 0 Å². The SMILES string of the molecule is CCCCCCCC(C)CCCCCCCCCCCC(O)O. The Labute approximate surface area is 146 Å². The minimum Gasteiger partial charge on any atom is -0.368 e. The van der Waals surface area contributed by atoms with Gasteiger partial charge in [-0.25, -0.2) is 0 Å². The smallest absolute Gasteiger partial charge is 0.151 e. The van der Waals surface area contributed by atoms with Gasteiger partial charge < -0.3 is 10.2 Å². The Hall–Kier alpha value is -0.0800. The first kappa shape index (κ1) is 22.9. The molecule has 0 rings (SSSR count). The Bertz CT molecular complexity index is 216. The van der Waals surface area contributed by atoms with Crippen molar-refractivity contribution in [3.8, 4) is 0 Å². The molecule has 1 atom stereocenters. The van der Waals surface area contributed by atoms with Crippen LogP contribution in [-0.4, -0.2) is 16.5 Å². The van der Waals surface area contributed by atoms with Crippen LogP contribution in [0.15, 0.2) is 0 Å². The van der Waals surface area contributed by atoms with Crippen molar-refractivity contribution >= 4 is 0 Å². The van der Waals surface area contributed by atoms with Crippen molar-refractivity contribution < 1.29 is 10.2 Å². The molecule has 0 aliphatic rings. The lowest BCUT2D eigenvalue weighted by Gasteiger charge is -2.11. The van der Waals surface area contributed by atoms with Gasteiger partial charge in [0.05, 0.1) is 0 Å². The fourth-order valence-corrected chi connectivity index (χ4v) is 3.30. The average Bonchev–Trinajstić information content (AvgIpc) is 2.52. The van der Waals surface area contributed by atoms with Gasteiger partial charge >= 0.3 is 0 Å². The Balaban J connectivity index is 3.11. The topological polar surface area (TPSA) is 40.5 Å². The van der Waals surface area contributed by atoms with Crippen LogP contribution in [0, 0.1) is 5.92 Å². The van der Waals surface area contributed by atoms with Gasteiger partial charge in [0.1, 0.15) is 0 Å². The molecule has 2 nitrogen and oxygen atoms in total. The lowest BCUT2D eigenvalue weighted by atomic mass is 9.96. The Morgan fingerprint density at radius 1 is 0.522 bits per heavy atom. The Morgan fingerprint density at radius 2 is 0.870 bits per heavy atom. The number of rotatable bonds is 18. The van der Waals surface area contributed by atoms with Crippen LogP contribution in [0.25, 0.3) is 0 Å². The fraction of sp³-hybridized carbons (Fsp3) is 1.00. The standard InChI is InChI=1S/C21H44O2/c1-3-4-5-11-14-17-20(2)18-15-12-9-7-6-8-10-13-16-19-21(22)23/h20-23H,3-19H2,1-2H3. The molecule has 23 heavy (non-hydrogen) atoms. The molecule has 0 aromatic heterocycles. The van der Waals surface area contributed by atoms with E-state index < -0.39 is 6.29 Å². The number of unbranched alkanes of at least 4 members (excludes halogenated alkanes) is 12. The van der Waals surface area contributed by atoms with Gasteiger partial charge in [-0.15, -0.1) is 0 Å². The van der Waals surface area contributed by atoms with E-state index in [-0.39, 0.29) is 0 Å². The highest BCUT2D eigenvalue weighted by Crippen LogP contribution is 2.18. The molecular weight excluding hydrogens is 284 g/mol. The van der Waals surface area contributed by atoms with Crippen molar-refractivity contribution in [2.45, 2.75) is 129 Å². The summed E-state index contributed by atoms with van der Waals surface area (Å²) in [7, 11) is 0. The first-order valence-electron chi connectivity index (χ1n) is 10.5. The summed E-state index contributed by atoms with van der Waals surface area (Å²) in [4.78, 5) is 0. The predicted octanol–water partition coefficient (Wildman–Crippen LogP) is 6.58. The molecule has 0 radical (unpaired) electrons. The van der Waals surface area contributed by atoms with Crippen molar-refractivity contribution in [3.05, 3.63) is 0 Å². The third kappa shape index (κ3) is 19.9. The van der Waals surface area contributed by atoms with Crippen LogP contribution in [0.1, 0.15) is 123 Å². The minimum absolute atomic E-state index is 0.538. The monoisotopic (exact) mass is 328 g/mol. The Kier molecular flexibility index (Phi) is 18.2. The van der Waals surface area contributed by atoms with Crippen LogP contribution in [0.2, 0.25) is 0 Å². The van der Waals surface area contributed by atoms with E-state index in [4.69, 9.17) is 10.2 Å². The van der Waals surface area contributed by atoms with Gasteiger partial charge in [-0.1, -0.05) is 110 Å². The average molecular weight is 329 g/mol. The van der Waals surface area contributed by atoms with Gasteiger partial charge in [0.25, 0.3) is 0 Å². The molecule has 1 unspecified atom stereocenters. The van der Waals surface area contributed by atoms with Gasteiger partial charge in [-0.2, -0.15) is 0 Å². The van der Waals surface area contributed by atoms with Crippen LogP contribution in [0.4, 0.5) is 0 Å². The van der Waals surface area contributed by atoms with Crippen molar-refractivity contribution in [2.75, 3.05) is 0 Å². The maximum atomic E-state index is 8.75. The third-order valence-electron chi connectivity index (χ3n) is 4.96. The highest BCUT2D eigenvalue weighted by atomic mass is 16.5. The molecule has 2 N–H and O–H groups in total. The molecule has 140 valence electrons. The molecule has 0 saturated carbocycles. The van der Waals surface area contributed by atoms with E-state index in [1.165, 1.54) is 89.9 Å². The third-order valence-corrected chi connectivity index (χ3v) is 4.96. The highest BCUT2D eigenvalue weighted by molar-refractivity contribution is 4.56. The number of hydrogen-bond donors (Lipinski definition) is 2. The molecule has 0 heterocycles. The predicted molar refractivity (Wildman–Crippen MR) is 102 cm³/mol. The molecule has 0 aromatic carbocycles. The zero-order valence-corrected chi connectivity index (χ0v) is 16.1. The zero-order valence-electron chi connectivity index (χ0n) is 16.1. The van der Waals surface area contributed by atoms with E-state index in [2.05, 4.69) is 13.8 Å². The highest BCUT2D eigenvalue weighted by Gasteiger charge is 2.02. The van der Waals surface area contributed by atoms with Crippen LogP contribution in [0.3, 0.4) is 0 Å². The van der Waals surface area contributed by atoms with Crippen LogP contribution in [0.5, 0.6) is 0 Å². The summed E-state index contributed by atoms with van der Waals surface area (Å²) in [5, 5.41) is 17.5. The lowest BCUT2D eigenvalue weighted by molar-refractivity contribution is -0.0466. The van der Waals surface area contributed by atoms with Crippen molar-refractivity contribution in [2.24, 2.45) is 5.92 Å². The number of hydrogen-bond acceptors (Lipinski definition) is 2. The molecule has 0 saturated heterocycles. The summed E-state index contributed by atoms with van der Waals surface area (Å²) in [6.07, 6.45) is 21.0. The van der Waals surface area contributed by atoms with Crippen molar-refractivity contribution in [1.82, 2.24) is 0 Å². The second kappa shape index (κ2) is 18.3. The number of aliphatic hydroxyl groups is 2. The zero-order chi connectivity index (χ0) is 17.2. The van der Waals surface area contributed by atoms with Crippen molar-refractivity contribution in [3.63, 3.8) is 0 Å². The molecule has 0 aliphatic heterocycles. The minimum atomic E-state index is -1.10. The second-order valence-electron chi connectivity index (χ2n) is 7.55. The molecule has 0 aliphatic carbocycles. The summed E-state index contributed by atoms with van der Waals surface area (Å²) >= 11 is 0. The molecular formula is C21H44O2. The summed E-state index contributed by atoms with van der Waals surface area (Å²) in [5.74, 6) is 0.929.